The van der Waals surface area contributed by atoms with Gasteiger partial charge in [0.1, 0.15) is 0 Å². The van der Waals surface area contributed by atoms with E-state index in [0.717, 1.165) is 0 Å². The van der Waals surface area contributed by atoms with Gasteiger partial charge in [0.15, 0.2) is 0 Å². The van der Waals surface area contributed by atoms with Crippen LogP contribution in [-0.2, 0) is 14.3 Å². The molecule has 0 aliphatic heterocycles. The minimum Gasteiger partial charge on any atom is -0.469 e. The van der Waals surface area contributed by atoms with E-state index in [1.807, 2.05) is 0 Å². The van der Waals surface area contributed by atoms with Crippen LogP contribution in [0, 0.1) is 0 Å². The van der Waals surface area contributed by atoms with Crippen LogP contribution in [0.3, 0.4) is 0 Å². The maximum Gasteiger partial charge on any atom is 0.306 e. The first-order valence-corrected chi connectivity index (χ1v) is 6.08. The molecule has 1 rings (SSSR count). The Morgan fingerprint density at radius 2 is 1.72 bits per heavy atom. The zero-order chi connectivity index (χ0) is 13.7. The molecule has 0 atom stereocenters. The molecule has 1 aromatic rings. The van der Waals surface area contributed by atoms with Gasteiger partial charge in [-0.1, -0.05) is 34.8 Å². The molecule has 0 saturated heterocycles. The smallest absolute Gasteiger partial charge is 0.306 e. The average molecular weight is 311 g/mol. The van der Waals surface area contributed by atoms with Crippen molar-refractivity contribution in [3.05, 3.63) is 27.2 Å². The predicted molar refractivity (Wildman–Crippen MR) is 71.4 cm³/mol. The van der Waals surface area contributed by atoms with Crippen molar-refractivity contribution in [3.63, 3.8) is 0 Å². The average Bonchev–Trinajstić information content (AvgIpc) is 2.30. The second kappa shape index (κ2) is 6.83. The highest BCUT2D eigenvalue weighted by Crippen LogP contribution is 2.33. The lowest BCUT2D eigenvalue weighted by Crippen LogP contribution is -2.14. The van der Waals surface area contributed by atoms with Gasteiger partial charge in [-0.3, -0.25) is 9.59 Å². The third-order valence-corrected chi connectivity index (χ3v) is 2.87. The number of hydrogen-bond donors (Lipinski definition) is 1. The maximum atomic E-state index is 11.6. The van der Waals surface area contributed by atoms with Crippen LogP contribution in [0.1, 0.15) is 12.8 Å². The quantitative estimate of drug-likeness (QED) is 0.865. The number of carbonyl (C=O) groups excluding carboxylic acids is 2. The van der Waals surface area contributed by atoms with Crippen molar-refractivity contribution in [2.45, 2.75) is 12.8 Å². The van der Waals surface area contributed by atoms with Crippen molar-refractivity contribution in [2.75, 3.05) is 12.4 Å². The van der Waals surface area contributed by atoms with Crippen LogP contribution >= 0.6 is 34.8 Å². The third-order valence-electron chi connectivity index (χ3n) is 2.06. The fourth-order valence-corrected chi connectivity index (χ4v) is 2.09. The Morgan fingerprint density at radius 1 is 1.17 bits per heavy atom. The summed E-state index contributed by atoms with van der Waals surface area (Å²) in [7, 11) is 1.26. The molecule has 0 bridgehead atoms. The van der Waals surface area contributed by atoms with E-state index in [1.54, 1.807) is 0 Å². The van der Waals surface area contributed by atoms with E-state index in [0.29, 0.717) is 5.02 Å². The van der Waals surface area contributed by atoms with Gasteiger partial charge in [0.25, 0.3) is 0 Å². The van der Waals surface area contributed by atoms with Gasteiger partial charge in [-0.25, -0.2) is 0 Å². The SMILES string of the molecule is COC(=O)CCC(=O)Nc1c(Cl)cc(Cl)cc1Cl. The molecule has 1 amide bonds. The Balaban J connectivity index is 2.68. The Bertz CT molecular complexity index is 454. The van der Waals surface area contributed by atoms with Gasteiger partial charge in [0, 0.05) is 11.4 Å². The molecular weight excluding hydrogens is 300 g/mol. The van der Waals surface area contributed by atoms with Gasteiger partial charge in [-0.15, -0.1) is 0 Å². The van der Waals surface area contributed by atoms with E-state index in [4.69, 9.17) is 34.8 Å². The lowest BCUT2D eigenvalue weighted by molar-refractivity contribution is -0.141. The van der Waals surface area contributed by atoms with E-state index in [9.17, 15) is 9.59 Å². The van der Waals surface area contributed by atoms with Gasteiger partial charge in [-0.05, 0) is 12.1 Å². The second-order valence-electron chi connectivity index (χ2n) is 3.37. The number of anilines is 1. The zero-order valence-electron chi connectivity index (χ0n) is 9.43. The number of benzene rings is 1. The first-order chi connectivity index (χ1) is 8.43. The van der Waals surface area contributed by atoms with Gasteiger partial charge < -0.3 is 10.1 Å². The number of halogens is 3. The molecule has 0 heterocycles. The second-order valence-corrected chi connectivity index (χ2v) is 4.62. The van der Waals surface area contributed by atoms with E-state index < -0.39 is 5.97 Å². The lowest BCUT2D eigenvalue weighted by Gasteiger charge is -2.09. The first-order valence-electron chi connectivity index (χ1n) is 4.95. The summed E-state index contributed by atoms with van der Waals surface area (Å²) in [5.41, 5.74) is 0.276. The van der Waals surface area contributed by atoms with E-state index >= 15 is 0 Å². The maximum absolute atomic E-state index is 11.6. The standard InChI is InChI=1S/C11H10Cl3NO3/c1-18-10(17)3-2-9(16)15-11-7(13)4-6(12)5-8(11)14/h4-5H,2-3H2,1H3,(H,15,16). The van der Waals surface area contributed by atoms with Crippen LogP contribution in [0.5, 0.6) is 0 Å². The van der Waals surface area contributed by atoms with Crippen molar-refractivity contribution in [2.24, 2.45) is 0 Å². The summed E-state index contributed by atoms with van der Waals surface area (Å²) in [5.74, 6) is -0.843. The number of methoxy groups -OCH3 is 1. The van der Waals surface area contributed by atoms with Crippen LogP contribution in [0.2, 0.25) is 15.1 Å². The number of carbonyl (C=O) groups is 2. The molecule has 1 aromatic carbocycles. The minimum absolute atomic E-state index is 0.00877. The fourth-order valence-electron chi connectivity index (χ4n) is 1.18. The molecule has 0 aliphatic rings. The lowest BCUT2D eigenvalue weighted by atomic mass is 10.2. The van der Waals surface area contributed by atoms with Gasteiger partial charge in [0.2, 0.25) is 5.91 Å². The topological polar surface area (TPSA) is 55.4 Å². The number of amides is 1. The number of ether oxygens (including phenoxy) is 1. The summed E-state index contributed by atoms with van der Waals surface area (Å²) >= 11 is 17.5. The Morgan fingerprint density at radius 3 is 2.22 bits per heavy atom. The van der Waals surface area contributed by atoms with Crippen molar-refractivity contribution < 1.29 is 14.3 Å². The molecule has 7 heteroatoms. The minimum atomic E-state index is -0.460. The molecule has 0 unspecified atom stereocenters. The summed E-state index contributed by atoms with van der Waals surface area (Å²) in [5, 5.41) is 3.36. The number of rotatable bonds is 4. The fraction of sp³-hybridized carbons (Fsp3) is 0.273. The van der Waals surface area contributed by atoms with Crippen molar-refractivity contribution in [1.29, 1.82) is 0 Å². The number of hydrogen-bond acceptors (Lipinski definition) is 3. The Hall–Kier alpha value is -0.970. The molecule has 0 spiro atoms. The summed E-state index contributed by atoms with van der Waals surface area (Å²) in [4.78, 5) is 22.4. The monoisotopic (exact) mass is 309 g/mol. The highest BCUT2D eigenvalue weighted by atomic mass is 35.5. The highest BCUT2D eigenvalue weighted by molar-refractivity contribution is 6.42. The summed E-state index contributed by atoms with van der Waals surface area (Å²) in [6, 6.07) is 2.93. The van der Waals surface area contributed by atoms with Gasteiger partial charge >= 0.3 is 5.97 Å². The summed E-state index contributed by atoms with van der Waals surface area (Å²) in [6.07, 6.45) is -0.0207. The molecule has 0 radical (unpaired) electrons. The van der Waals surface area contributed by atoms with Crippen molar-refractivity contribution in [3.8, 4) is 0 Å². The first kappa shape index (κ1) is 15.1. The van der Waals surface area contributed by atoms with Crippen LogP contribution in [-0.4, -0.2) is 19.0 Å². The van der Waals surface area contributed by atoms with Crippen molar-refractivity contribution in [1.82, 2.24) is 0 Å². The predicted octanol–water partition coefficient (Wildman–Crippen LogP) is 3.54. The summed E-state index contributed by atoms with van der Waals surface area (Å²) in [6.45, 7) is 0. The Labute approximate surface area is 119 Å². The van der Waals surface area contributed by atoms with E-state index in [1.165, 1.54) is 19.2 Å². The number of nitrogens with one attached hydrogen (secondary N) is 1. The van der Waals surface area contributed by atoms with Crippen LogP contribution in [0.25, 0.3) is 0 Å². The van der Waals surface area contributed by atoms with Gasteiger partial charge in [-0.2, -0.15) is 0 Å². The van der Waals surface area contributed by atoms with E-state index in [2.05, 4.69) is 10.1 Å². The molecule has 1 N–H and O–H groups in total. The Kier molecular flexibility index (Phi) is 5.72. The molecule has 4 nitrogen and oxygen atoms in total. The normalized spacial score (nSPS) is 10.0. The number of esters is 1. The van der Waals surface area contributed by atoms with Crippen LogP contribution in [0.15, 0.2) is 12.1 Å². The third kappa shape index (κ3) is 4.37. The van der Waals surface area contributed by atoms with Crippen LogP contribution < -0.4 is 5.32 Å². The van der Waals surface area contributed by atoms with Crippen LogP contribution in [0.4, 0.5) is 5.69 Å². The van der Waals surface area contributed by atoms with E-state index in [-0.39, 0.29) is 34.5 Å². The largest absolute Gasteiger partial charge is 0.469 e. The van der Waals surface area contributed by atoms with Gasteiger partial charge in [0.05, 0.1) is 29.3 Å². The highest BCUT2D eigenvalue weighted by Gasteiger charge is 2.12. The summed E-state index contributed by atoms with van der Waals surface area (Å²) < 4.78 is 4.43. The molecule has 98 valence electrons. The molecule has 0 saturated carbocycles. The molecule has 0 fully saturated rings. The molecule has 18 heavy (non-hydrogen) atoms. The molecular formula is C11H10Cl3NO3. The molecule has 0 aliphatic carbocycles. The van der Waals surface area contributed by atoms with Crippen molar-refractivity contribution >= 4 is 52.4 Å². The zero-order valence-corrected chi connectivity index (χ0v) is 11.7. The molecule has 0 aromatic heterocycles.